The molecule has 1 aliphatic heterocycles. The summed E-state index contributed by atoms with van der Waals surface area (Å²) in [5, 5.41) is 12.5. The molecular formula is C35H40O12. The highest BCUT2D eigenvalue weighted by Crippen LogP contribution is 2.68. The van der Waals surface area contributed by atoms with Gasteiger partial charge in [0.05, 0.1) is 22.6 Å². The Hall–Kier alpha value is -4.29. The monoisotopic (exact) mass is 652 g/mol. The Morgan fingerprint density at radius 1 is 0.766 bits per heavy atom. The molecule has 252 valence electrons. The van der Waals surface area contributed by atoms with E-state index >= 15 is 0 Å². The smallest absolute Gasteiger partial charge is 0.338 e. The van der Waals surface area contributed by atoms with E-state index in [-0.39, 0.29) is 17.5 Å². The number of benzene rings is 2. The lowest BCUT2D eigenvalue weighted by Gasteiger charge is -2.64. The van der Waals surface area contributed by atoms with Crippen molar-refractivity contribution in [3.05, 3.63) is 71.8 Å². The molecule has 2 aliphatic carbocycles. The van der Waals surface area contributed by atoms with Gasteiger partial charge in [-0.15, -0.1) is 0 Å². The van der Waals surface area contributed by atoms with Crippen LogP contribution in [0.4, 0.5) is 0 Å². The number of aliphatic hydroxyl groups is 1. The van der Waals surface area contributed by atoms with Gasteiger partial charge in [-0.3, -0.25) is 14.4 Å². The zero-order valence-corrected chi connectivity index (χ0v) is 27.2. The van der Waals surface area contributed by atoms with E-state index in [0.29, 0.717) is 0 Å². The van der Waals surface area contributed by atoms with Crippen molar-refractivity contribution in [2.75, 3.05) is 6.61 Å². The molecule has 2 saturated carbocycles. The minimum atomic E-state index is -1.99. The lowest BCUT2D eigenvalue weighted by atomic mass is 9.47. The molecule has 1 saturated heterocycles. The Kier molecular flexibility index (Phi) is 9.22. The molecule has 1 spiro atoms. The number of carbonyl (C=O) groups excluding carboxylic acids is 5. The molecule has 3 aliphatic rings. The standard InChI is InChI=1S/C35H40O12/c1-19-17-25(45-31(40)23-13-9-7-10-14-23)28(39)34(18-42-20(2)36)30(44-22(4)38)27(46-32(41)24-15-11-8-12-16-24)26-29(43-21(3)37)35(19,34)47-33(26,5)6/h7-16,19,25-30,39H,17-18H2,1-6H3. The van der Waals surface area contributed by atoms with Crippen LogP contribution in [0.3, 0.4) is 0 Å². The summed E-state index contributed by atoms with van der Waals surface area (Å²) >= 11 is 0. The van der Waals surface area contributed by atoms with E-state index < -0.39 is 95.4 Å². The third-order valence-electron chi connectivity index (χ3n) is 9.69. The van der Waals surface area contributed by atoms with Gasteiger partial charge in [-0.1, -0.05) is 43.3 Å². The van der Waals surface area contributed by atoms with Gasteiger partial charge in [-0.25, -0.2) is 9.59 Å². The molecule has 2 aromatic carbocycles. The van der Waals surface area contributed by atoms with Gasteiger partial charge >= 0.3 is 29.8 Å². The van der Waals surface area contributed by atoms with Crippen LogP contribution in [0, 0.1) is 17.3 Å². The van der Waals surface area contributed by atoms with Crippen LogP contribution in [0.5, 0.6) is 0 Å². The van der Waals surface area contributed by atoms with Gasteiger partial charge in [0, 0.05) is 20.8 Å². The lowest BCUT2D eigenvalue weighted by molar-refractivity contribution is -0.328. The first-order valence-electron chi connectivity index (χ1n) is 15.5. The summed E-state index contributed by atoms with van der Waals surface area (Å²) in [6.45, 7) is 8.11. The van der Waals surface area contributed by atoms with Crippen LogP contribution < -0.4 is 0 Å². The maximum atomic E-state index is 13.7. The van der Waals surface area contributed by atoms with E-state index in [1.165, 1.54) is 6.92 Å². The van der Waals surface area contributed by atoms with E-state index in [0.717, 1.165) is 13.8 Å². The molecule has 2 bridgehead atoms. The Morgan fingerprint density at radius 2 is 1.28 bits per heavy atom. The zero-order valence-electron chi connectivity index (χ0n) is 27.2. The quantitative estimate of drug-likeness (QED) is 0.327. The van der Waals surface area contributed by atoms with Crippen molar-refractivity contribution >= 4 is 29.8 Å². The Bertz CT molecular complexity index is 1520. The van der Waals surface area contributed by atoms with Crippen LogP contribution >= 0.6 is 0 Å². The molecule has 2 aromatic rings. The van der Waals surface area contributed by atoms with Gasteiger partial charge in [0.15, 0.2) is 6.10 Å². The molecule has 9 atom stereocenters. The fraction of sp³-hybridized carbons (Fsp3) is 0.514. The number of fused-ring (bicyclic) bond motifs is 1. The largest absolute Gasteiger partial charge is 0.465 e. The molecule has 12 nitrogen and oxygen atoms in total. The van der Waals surface area contributed by atoms with Gasteiger partial charge < -0.3 is 33.5 Å². The summed E-state index contributed by atoms with van der Waals surface area (Å²) in [4.78, 5) is 65.1. The predicted octanol–water partition coefficient (Wildman–Crippen LogP) is 3.43. The number of aliphatic hydroxyl groups excluding tert-OH is 1. The molecule has 0 aromatic heterocycles. The Balaban J connectivity index is 1.74. The molecule has 9 unspecified atom stereocenters. The normalized spacial score (nSPS) is 33.5. The van der Waals surface area contributed by atoms with Crippen LogP contribution in [-0.2, 0) is 42.8 Å². The van der Waals surface area contributed by atoms with E-state index in [1.54, 1.807) is 81.4 Å². The van der Waals surface area contributed by atoms with Crippen LogP contribution in [0.25, 0.3) is 0 Å². The number of hydrogen-bond donors (Lipinski definition) is 1. The van der Waals surface area contributed by atoms with Crippen molar-refractivity contribution in [2.24, 2.45) is 17.3 Å². The molecule has 1 heterocycles. The second-order valence-electron chi connectivity index (χ2n) is 13.0. The van der Waals surface area contributed by atoms with Crippen LogP contribution in [-0.4, -0.2) is 83.3 Å². The topological polar surface area (TPSA) is 161 Å². The summed E-state index contributed by atoms with van der Waals surface area (Å²) in [5.41, 5.74) is -4.48. The highest BCUT2D eigenvalue weighted by atomic mass is 16.6. The van der Waals surface area contributed by atoms with Crippen molar-refractivity contribution < 1.29 is 57.5 Å². The molecule has 0 radical (unpaired) electrons. The van der Waals surface area contributed by atoms with Crippen LogP contribution in [0.15, 0.2) is 60.7 Å². The van der Waals surface area contributed by atoms with E-state index in [4.69, 9.17) is 28.4 Å². The van der Waals surface area contributed by atoms with Crippen molar-refractivity contribution in [2.45, 2.75) is 89.7 Å². The minimum Gasteiger partial charge on any atom is -0.465 e. The first-order valence-corrected chi connectivity index (χ1v) is 15.5. The second kappa shape index (κ2) is 12.7. The molecule has 3 fully saturated rings. The van der Waals surface area contributed by atoms with Crippen LogP contribution in [0.1, 0.15) is 68.7 Å². The van der Waals surface area contributed by atoms with E-state index in [9.17, 15) is 29.1 Å². The fourth-order valence-corrected chi connectivity index (χ4v) is 8.03. The number of hydrogen-bond acceptors (Lipinski definition) is 12. The van der Waals surface area contributed by atoms with Gasteiger partial charge in [0.1, 0.15) is 42.0 Å². The van der Waals surface area contributed by atoms with E-state index in [2.05, 4.69) is 0 Å². The van der Waals surface area contributed by atoms with E-state index in [1.807, 2.05) is 0 Å². The summed E-state index contributed by atoms with van der Waals surface area (Å²) < 4.78 is 36.6. The van der Waals surface area contributed by atoms with Gasteiger partial charge in [-0.05, 0) is 50.5 Å². The first kappa shape index (κ1) is 34.1. The van der Waals surface area contributed by atoms with Crippen molar-refractivity contribution in [1.82, 2.24) is 0 Å². The number of rotatable bonds is 8. The minimum absolute atomic E-state index is 0.0311. The third kappa shape index (κ3) is 5.78. The van der Waals surface area contributed by atoms with Crippen LogP contribution in [0.2, 0.25) is 0 Å². The molecule has 5 rings (SSSR count). The highest BCUT2D eigenvalue weighted by molar-refractivity contribution is 5.90. The molecule has 0 amide bonds. The lowest BCUT2D eigenvalue weighted by Crippen LogP contribution is -2.81. The van der Waals surface area contributed by atoms with Crippen molar-refractivity contribution in [3.8, 4) is 0 Å². The Morgan fingerprint density at radius 3 is 1.79 bits per heavy atom. The summed E-state index contributed by atoms with van der Waals surface area (Å²) in [6.07, 6.45) is -7.08. The number of esters is 5. The second-order valence-corrected chi connectivity index (χ2v) is 13.0. The molecule has 47 heavy (non-hydrogen) atoms. The zero-order chi connectivity index (χ0) is 34.3. The highest BCUT2D eigenvalue weighted by Gasteiger charge is 2.85. The Labute approximate surface area is 272 Å². The van der Waals surface area contributed by atoms with Crippen molar-refractivity contribution in [3.63, 3.8) is 0 Å². The van der Waals surface area contributed by atoms with Gasteiger partial charge in [0.25, 0.3) is 0 Å². The SMILES string of the molecule is CC(=O)OCC12C(O)C(OC(=O)c3ccccc3)CC(C)C13OC(C)(C)C(C(OC(=O)c1ccccc1)C2OC(C)=O)C3OC(C)=O. The molecule has 12 heteroatoms. The van der Waals surface area contributed by atoms with Gasteiger partial charge in [-0.2, -0.15) is 0 Å². The average molecular weight is 653 g/mol. The maximum absolute atomic E-state index is 13.7. The first-order chi connectivity index (χ1) is 22.2. The summed E-state index contributed by atoms with van der Waals surface area (Å²) in [5.74, 6) is -5.31. The van der Waals surface area contributed by atoms with Gasteiger partial charge in [0.2, 0.25) is 0 Å². The maximum Gasteiger partial charge on any atom is 0.338 e. The number of ether oxygens (including phenoxy) is 6. The number of carbonyl (C=O) groups is 5. The molecular weight excluding hydrogens is 612 g/mol. The summed E-state index contributed by atoms with van der Waals surface area (Å²) in [6, 6.07) is 16.3. The fourth-order valence-electron chi connectivity index (χ4n) is 8.03. The average Bonchev–Trinajstić information content (AvgIpc) is 3.21. The predicted molar refractivity (Wildman–Crippen MR) is 163 cm³/mol. The third-order valence-corrected chi connectivity index (χ3v) is 9.69. The van der Waals surface area contributed by atoms with Crippen molar-refractivity contribution in [1.29, 1.82) is 0 Å². The summed E-state index contributed by atoms with van der Waals surface area (Å²) in [7, 11) is 0. The molecule has 1 N–H and O–H groups in total.